The summed E-state index contributed by atoms with van der Waals surface area (Å²) in [6.07, 6.45) is 1.48. The Morgan fingerprint density at radius 2 is 1.54 bits per heavy atom. The molecule has 1 heterocycles. The van der Waals surface area contributed by atoms with Gasteiger partial charge >= 0.3 is 0 Å². The minimum atomic E-state index is -0.231. The third-order valence-electron chi connectivity index (χ3n) is 3.21. The summed E-state index contributed by atoms with van der Waals surface area (Å²) in [4.78, 5) is 23.2. The van der Waals surface area contributed by atoms with E-state index in [-0.39, 0.29) is 11.8 Å². The van der Waals surface area contributed by atoms with Gasteiger partial charge in [-0.25, -0.2) is 4.68 Å². The number of hydrogen-bond donors (Lipinski definition) is 2. The summed E-state index contributed by atoms with van der Waals surface area (Å²) in [5.74, 6) is -0.375. The first-order valence-corrected chi connectivity index (χ1v) is 7.14. The number of tetrazole rings is 1. The molecule has 0 radical (unpaired) electrons. The van der Waals surface area contributed by atoms with Gasteiger partial charge in [0.2, 0.25) is 5.91 Å². The summed E-state index contributed by atoms with van der Waals surface area (Å²) in [6, 6.07) is 13.8. The van der Waals surface area contributed by atoms with Crippen LogP contribution in [0.25, 0.3) is 5.69 Å². The summed E-state index contributed by atoms with van der Waals surface area (Å²) >= 11 is 0. The van der Waals surface area contributed by atoms with E-state index in [1.807, 2.05) is 0 Å². The van der Waals surface area contributed by atoms with Crippen LogP contribution in [0.2, 0.25) is 0 Å². The highest BCUT2D eigenvalue weighted by atomic mass is 16.2. The lowest BCUT2D eigenvalue weighted by molar-refractivity contribution is -0.114. The van der Waals surface area contributed by atoms with Crippen LogP contribution in [0.4, 0.5) is 11.4 Å². The van der Waals surface area contributed by atoms with Crippen molar-refractivity contribution >= 4 is 23.2 Å². The summed E-state index contributed by atoms with van der Waals surface area (Å²) in [5.41, 5.74) is 2.58. The van der Waals surface area contributed by atoms with Crippen LogP contribution in [-0.2, 0) is 4.79 Å². The first-order valence-electron chi connectivity index (χ1n) is 7.14. The van der Waals surface area contributed by atoms with Gasteiger partial charge in [-0.15, -0.1) is 5.10 Å². The first-order chi connectivity index (χ1) is 11.6. The molecule has 0 unspecified atom stereocenters. The van der Waals surface area contributed by atoms with E-state index in [9.17, 15) is 9.59 Å². The number of aromatic nitrogens is 4. The Balaban J connectivity index is 1.67. The maximum absolute atomic E-state index is 12.2. The van der Waals surface area contributed by atoms with E-state index < -0.39 is 0 Å². The molecule has 24 heavy (non-hydrogen) atoms. The molecule has 0 saturated carbocycles. The Kier molecular flexibility index (Phi) is 4.28. The van der Waals surface area contributed by atoms with Crippen LogP contribution in [-0.4, -0.2) is 32.0 Å². The molecule has 120 valence electrons. The Bertz CT molecular complexity index is 841. The largest absolute Gasteiger partial charge is 0.326 e. The topological polar surface area (TPSA) is 102 Å². The van der Waals surface area contributed by atoms with Gasteiger partial charge in [0.25, 0.3) is 5.91 Å². The molecule has 0 spiro atoms. The number of nitrogens with zero attached hydrogens (tertiary/aromatic N) is 4. The smallest absolute Gasteiger partial charge is 0.255 e. The molecule has 2 amide bonds. The van der Waals surface area contributed by atoms with Crippen molar-refractivity contribution < 1.29 is 9.59 Å². The van der Waals surface area contributed by atoms with Gasteiger partial charge < -0.3 is 10.6 Å². The van der Waals surface area contributed by atoms with Gasteiger partial charge in [0.05, 0.1) is 5.69 Å². The number of hydrogen-bond acceptors (Lipinski definition) is 5. The first kappa shape index (κ1) is 15.3. The van der Waals surface area contributed by atoms with E-state index in [1.165, 1.54) is 17.9 Å². The average molecular weight is 322 g/mol. The molecule has 0 aliphatic rings. The third kappa shape index (κ3) is 3.61. The van der Waals surface area contributed by atoms with Crippen molar-refractivity contribution in [3.63, 3.8) is 0 Å². The third-order valence-corrected chi connectivity index (χ3v) is 3.21. The molecule has 0 atom stereocenters. The van der Waals surface area contributed by atoms with Crippen molar-refractivity contribution in [1.29, 1.82) is 0 Å². The summed E-state index contributed by atoms with van der Waals surface area (Å²) in [5, 5.41) is 16.4. The average Bonchev–Trinajstić information content (AvgIpc) is 3.11. The maximum Gasteiger partial charge on any atom is 0.255 e. The second-order valence-electron chi connectivity index (χ2n) is 5.01. The number of amides is 2. The monoisotopic (exact) mass is 322 g/mol. The number of nitrogens with one attached hydrogen (secondary N) is 2. The standard InChI is InChI=1S/C16H14N6O2/c1-11(23)18-13-4-6-14(7-5-13)19-16(24)12-2-8-15(9-3-12)22-10-17-20-21-22/h2-10H,1H3,(H,18,23)(H,19,24). The van der Waals surface area contributed by atoms with Gasteiger partial charge in [-0.05, 0) is 59.0 Å². The van der Waals surface area contributed by atoms with Crippen LogP contribution in [0.15, 0.2) is 54.9 Å². The van der Waals surface area contributed by atoms with E-state index >= 15 is 0 Å². The molecule has 8 heteroatoms. The summed E-state index contributed by atoms with van der Waals surface area (Å²) in [7, 11) is 0. The van der Waals surface area contributed by atoms with E-state index in [1.54, 1.807) is 48.5 Å². The van der Waals surface area contributed by atoms with Gasteiger partial charge in [-0.3, -0.25) is 9.59 Å². The van der Waals surface area contributed by atoms with Crippen molar-refractivity contribution in [2.75, 3.05) is 10.6 Å². The molecule has 3 rings (SSSR count). The van der Waals surface area contributed by atoms with Crippen LogP contribution in [0.5, 0.6) is 0 Å². The molecule has 2 aromatic carbocycles. The normalized spacial score (nSPS) is 10.2. The molecule has 0 bridgehead atoms. The maximum atomic E-state index is 12.2. The van der Waals surface area contributed by atoms with Crippen LogP contribution in [0, 0.1) is 0 Å². The van der Waals surface area contributed by atoms with E-state index in [4.69, 9.17) is 0 Å². The Hall–Kier alpha value is -3.55. The van der Waals surface area contributed by atoms with Crippen LogP contribution >= 0.6 is 0 Å². The lowest BCUT2D eigenvalue weighted by Crippen LogP contribution is -2.12. The lowest BCUT2D eigenvalue weighted by atomic mass is 10.2. The van der Waals surface area contributed by atoms with E-state index in [0.29, 0.717) is 16.9 Å². The highest BCUT2D eigenvalue weighted by Gasteiger charge is 2.07. The number of anilines is 2. The molecule has 0 saturated heterocycles. The van der Waals surface area contributed by atoms with E-state index in [2.05, 4.69) is 26.2 Å². The fraction of sp³-hybridized carbons (Fsp3) is 0.0625. The van der Waals surface area contributed by atoms with Gasteiger partial charge in [0, 0.05) is 23.9 Å². The van der Waals surface area contributed by atoms with Crippen molar-refractivity contribution in [2.24, 2.45) is 0 Å². The second-order valence-corrected chi connectivity index (χ2v) is 5.01. The van der Waals surface area contributed by atoms with Gasteiger partial charge in [0.1, 0.15) is 6.33 Å². The fourth-order valence-electron chi connectivity index (χ4n) is 2.09. The van der Waals surface area contributed by atoms with Crippen LogP contribution in [0.3, 0.4) is 0 Å². The van der Waals surface area contributed by atoms with E-state index in [0.717, 1.165) is 5.69 Å². The molecule has 0 aliphatic carbocycles. The molecule has 8 nitrogen and oxygen atoms in total. The van der Waals surface area contributed by atoms with Gasteiger partial charge in [-0.2, -0.15) is 0 Å². The predicted octanol–water partition coefficient (Wildman–Crippen LogP) is 1.87. The highest BCUT2D eigenvalue weighted by molar-refractivity contribution is 6.04. The van der Waals surface area contributed by atoms with Crippen LogP contribution in [0.1, 0.15) is 17.3 Å². The number of rotatable bonds is 4. The zero-order valence-corrected chi connectivity index (χ0v) is 12.8. The van der Waals surface area contributed by atoms with Crippen molar-refractivity contribution in [3.05, 3.63) is 60.4 Å². The molecule has 1 aromatic heterocycles. The van der Waals surface area contributed by atoms with Crippen LogP contribution < -0.4 is 10.6 Å². The Morgan fingerprint density at radius 3 is 2.08 bits per heavy atom. The fourth-order valence-corrected chi connectivity index (χ4v) is 2.09. The van der Waals surface area contributed by atoms with Crippen molar-refractivity contribution in [2.45, 2.75) is 6.92 Å². The number of carbonyl (C=O) groups is 2. The molecule has 0 fully saturated rings. The second kappa shape index (κ2) is 6.69. The lowest BCUT2D eigenvalue weighted by Gasteiger charge is -2.07. The minimum absolute atomic E-state index is 0.144. The van der Waals surface area contributed by atoms with Crippen molar-refractivity contribution in [1.82, 2.24) is 20.2 Å². The molecule has 0 aliphatic heterocycles. The summed E-state index contributed by atoms with van der Waals surface area (Å²) in [6.45, 7) is 1.44. The Labute approximate surface area is 137 Å². The SMILES string of the molecule is CC(=O)Nc1ccc(NC(=O)c2ccc(-n3cnnn3)cc2)cc1. The zero-order chi connectivity index (χ0) is 16.9. The number of benzene rings is 2. The zero-order valence-electron chi connectivity index (χ0n) is 12.8. The summed E-state index contributed by atoms with van der Waals surface area (Å²) < 4.78 is 1.50. The number of carbonyl (C=O) groups excluding carboxylic acids is 2. The molecule has 2 N–H and O–H groups in total. The van der Waals surface area contributed by atoms with Gasteiger partial charge in [0.15, 0.2) is 0 Å². The highest BCUT2D eigenvalue weighted by Crippen LogP contribution is 2.15. The molecular weight excluding hydrogens is 308 g/mol. The molecular formula is C16H14N6O2. The van der Waals surface area contributed by atoms with Crippen molar-refractivity contribution in [3.8, 4) is 5.69 Å². The predicted molar refractivity (Wildman–Crippen MR) is 87.9 cm³/mol. The quantitative estimate of drug-likeness (QED) is 0.763. The minimum Gasteiger partial charge on any atom is -0.326 e. The molecule has 3 aromatic rings. The van der Waals surface area contributed by atoms with Gasteiger partial charge in [-0.1, -0.05) is 0 Å². The Morgan fingerprint density at radius 1 is 0.917 bits per heavy atom.